The monoisotopic (exact) mass is 356 g/mol. The van der Waals surface area contributed by atoms with Gasteiger partial charge in [-0.2, -0.15) is 0 Å². The van der Waals surface area contributed by atoms with Gasteiger partial charge in [-0.15, -0.1) is 10.2 Å². The number of hydrogen-bond acceptors (Lipinski definition) is 5. The number of aryl methyl sites for hydroxylation is 1. The third-order valence-corrected chi connectivity index (χ3v) is 4.05. The molecule has 0 saturated heterocycles. The molecule has 0 atom stereocenters. The molecule has 3 aromatic rings. The van der Waals surface area contributed by atoms with Crippen LogP contribution in [0.1, 0.15) is 26.3 Å². The molecule has 126 valence electrons. The summed E-state index contributed by atoms with van der Waals surface area (Å²) in [5.41, 5.74) is 2.95. The summed E-state index contributed by atoms with van der Waals surface area (Å²) in [4.78, 5) is 24.5. The molecule has 25 heavy (non-hydrogen) atoms. The molecule has 2 amide bonds. The Bertz CT molecular complexity index is 928. The fourth-order valence-electron chi connectivity index (χ4n) is 2.13. The molecule has 1 aromatic heterocycles. The van der Waals surface area contributed by atoms with Crippen LogP contribution in [0.25, 0.3) is 0 Å². The van der Waals surface area contributed by atoms with E-state index in [1.54, 1.807) is 25.1 Å². The molecule has 0 aliphatic carbocycles. The van der Waals surface area contributed by atoms with Crippen LogP contribution in [0.3, 0.4) is 0 Å². The van der Waals surface area contributed by atoms with Gasteiger partial charge in [0.05, 0.1) is 5.56 Å². The summed E-state index contributed by atoms with van der Waals surface area (Å²) >= 11 is 1.20. The van der Waals surface area contributed by atoms with Gasteiger partial charge in [-0.1, -0.05) is 29.5 Å². The second-order valence-corrected chi connectivity index (χ2v) is 5.99. The number of nitrogens with zero attached hydrogens (tertiary/aromatic N) is 2. The first-order valence-electron chi connectivity index (χ1n) is 7.28. The van der Waals surface area contributed by atoms with Gasteiger partial charge in [0, 0.05) is 11.3 Å². The number of amides is 2. The molecule has 0 unspecified atom stereocenters. The summed E-state index contributed by atoms with van der Waals surface area (Å²) in [5, 5.41) is 13.0. The Morgan fingerprint density at radius 2 is 1.88 bits per heavy atom. The second kappa shape index (κ2) is 7.18. The lowest BCUT2D eigenvalue weighted by molar-refractivity contribution is 0.101. The Morgan fingerprint density at radius 1 is 1.08 bits per heavy atom. The molecule has 0 fully saturated rings. The van der Waals surface area contributed by atoms with Gasteiger partial charge in [-0.05, 0) is 36.8 Å². The van der Waals surface area contributed by atoms with Crippen molar-refractivity contribution in [3.63, 3.8) is 0 Å². The Labute approximate surface area is 146 Å². The molecule has 2 aromatic carbocycles. The van der Waals surface area contributed by atoms with Crippen molar-refractivity contribution in [2.45, 2.75) is 6.92 Å². The van der Waals surface area contributed by atoms with E-state index in [2.05, 4.69) is 20.8 Å². The predicted molar refractivity (Wildman–Crippen MR) is 93.4 cm³/mol. The van der Waals surface area contributed by atoms with Crippen LogP contribution >= 0.6 is 11.3 Å². The fraction of sp³-hybridized carbons (Fsp3) is 0.0588. The Hall–Kier alpha value is -3.13. The minimum Gasteiger partial charge on any atom is -0.322 e. The highest BCUT2D eigenvalue weighted by molar-refractivity contribution is 7.13. The van der Waals surface area contributed by atoms with E-state index >= 15 is 0 Å². The third-order valence-electron chi connectivity index (χ3n) is 3.45. The maximum absolute atomic E-state index is 13.7. The number of anilines is 2. The van der Waals surface area contributed by atoms with Gasteiger partial charge in [0.25, 0.3) is 11.8 Å². The van der Waals surface area contributed by atoms with Crippen LogP contribution in [0.5, 0.6) is 0 Å². The average molecular weight is 356 g/mol. The highest BCUT2D eigenvalue weighted by Crippen LogP contribution is 2.20. The van der Waals surface area contributed by atoms with Crippen LogP contribution in [0.2, 0.25) is 0 Å². The molecule has 0 radical (unpaired) electrons. The summed E-state index contributed by atoms with van der Waals surface area (Å²) in [6.45, 7) is 1.78. The second-order valence-electron chi connectivity index (χ2n) is 5.16. The normalized spacial score (nSPS) is 10.3. The molecule has 1 heterocycles. The van der Waals surface area contributed by atoms with E-state index in [0.717, 1.165) is 5.56 Å². The molecule has 6 nitrogen and oxygen atoms in total. The molecule has 2 N–H and O–H groups in total. The number of carbonyl (C=O) groups is 2. The van der Waals surface area contributed by atoms with Crippen molar-refractivity contribution in [2.24, 2.45) is 0 Å². The molecule has 0 aliphatic heterocycles. The van der Waals surface area contributed by atoms with Gasteiger partial charge in [0.15, 0.2) is 0 Å². The average Bonchev–Trinajstić information content (AvgIpc) is 3.10. The van der Waals surface area contributed by atoms with Crippen LogP contribution in [0, 0.1) is 12.7 Å². The number of halogens is 1. The summed E-state index contributed by atoms with van der Waals surface area (Å²) in [7, 11) is 0. The van der Waals surface area contributed by atoms with Crippen molar-refractivity contribution in [3.05, 3.63) is 70.5 Å². The van der Waals surface area contributed by atoms with Crippen molar-refractivity contribution in [2.75, 3.05) is 10.6 Å². The van der Waals surface area contributed by atoms with Crippen LogP contribution in [0.15, 0.2) is 48.0 Å². The summed E-state index contributed by atoms with van der Waals surface area (Å²) in [5.74, 6) is -1.57. The Kier molecular flexibility index (Phi) is 4.80. The van der Waals surface area contributed by atoms with Gasteiger partial charge in [-0.3, -0.25) is 14.9 Å². The lowest BCUT2D eigenvalue weighted by atomic mass is 10.1. The van der Waals surface area contributed by atoms with Crippen LogP contribution in [-0.4, -0.2) is 22.0 Å². The van der Waals surface area contributed by atoms with E-state index in [-0.39, 0.29) is 11.5 Å². The SMILES string of the molecule is Cc1ccc(C(=O)Nc2nncs2)cc1NC(=O)c1ccccc1F. The molecule has 0 saturated carbocycles. The first-order chi connectivity index (χ1) is 12.0. The Balaban J connectivity index is 1.81. The van der Waals surface area contributed by atoms with Crippen molar-refractivity contribution < 1.29 is 14.0 Å². The minimum atomic E-state index is -0.608. The Morgan fingerprint density at radius 3 is 2.60 bits per heavy atom. The van der Waals surface area contributed by atoms with Crippen molar-refractivity contribution in [3.8, 4) is 0 Å². The molecular formula is C17H13FN4O2S. The predicted octanol–water partition coefficient (Wildman–Crippen LogP) is 3.49. The lowest BCUT2D eigenvalue weighted by Gasteiger charge is -2.11. The fourth-order valence-corrected chi connectivity index (χ4v) is 2.57. The zero-order valence-electron chi connectivity index (χ0n) is 13.1. The topological polar surface area (TPSA) is 84.0 Å². The smallest absolute Gasteiger partial charge is 0.258 e. The number of nitrogens with one attached hydrogen (secondary N) is 2. The van der Waals surface area contributed by atoms with E-state index < -0.39 is 11.7 Å². The summed E-state index contributed by atoms with van der Waals surface area (Å²) in [6, 6.07) is 10.6. The largest absolute Gasteiger partial charge is 0.322 e. The van der Waals surface area contributed by atoms with Crippen LogP contribution in [0.4, 0.5) is 15.2 Å². The third kappa shape index (κ3) is 3.86. The number of hydrogen-bond donors (Lipinski definition) is 2. The zero-order chi connectivity index (χ0) is 17.8. The van der Waals surface area contributed by atoms with Crippen molar-refractivity contribution >= 4 is 34.0 Å². The van der Waals surface area contributed by atoms with E-state index in [0.29, 0.717) is 16.4 Å². The molecular weight excluding hydrogens is 343 g/mol. The van der Waals surface area contributed by atoms with Gasteiger partial charge >= 0.3 is 0 Å². The number of aromatic nitrogens is 2. The summed E-state index contributed by atoms with van der Waals surface area (Å²) < 4.78 is 13.7. The first kappa shape index (κ1) is 16.7. The quantitative estimate of drug-likeness (QED) is 0.749. The van der Waals surface area contributed by atoms with Gasteiger partial charge < -0.3 is 5.32 Å². The van der Waals surface area contributed by atoms with E-state index in [4.69, 9.17) is 0 Å². The maximum atomic E-state index is 13.7. The highest BCUT2D eigenvalue weighted by atomic mass is 32.1. The number of rotatable bonds is 4. The van der Waals surface area contributed by atoms with Crippen LogP contribution in [-0.2, 0) is 0 Å². The van der Waals surface area contributed by atoms with E-state index in [1.165, 1.54) is 41.1 Å². The van der Waals surface area contributed by atoms with Crippen LogP contribution < -0.4 is 10.6 Å². The standard InChI is InChI=1S/C17H13FN4O2S/c1-10-6-7-11(15(23)21-17-22-19-9-25-17)8-14(10)20-16(24)12-4-2-3-5-13(12)18/h2-9H,1H3,(H,20,24)(H,21,22,23). The van der Waals surface area contributed by atoms with Gasteiger partial charge in [0.1, 0.15) is 11.3 Å². The zero-order valence-corrected chi connectivity index (χ0v) is 13.9. The van der Waals surface area contributed by atoms with Gasteiger partial charge in [-0.25, -0.2) is 4.39 Å². The van der Waals surface area contributed by atoms with Gasteiger partial charge in [0.2, 0.25) is 5.13 Å². The van der Waals surface area contributed by atoms with Crippen molar-refractivity contribution in [1.82, 2.24) is 10.2 Å². The molecule has 0 spiro atoms. The van der Waals surface area contributed by atoms with E-state index in [1.807, 2.05) is 0 Å². The molecule has 0 aliphatic rings. The minimum absolute atomic E-state index is 0.0642. The number of carbonyl (C=O) groups excluding carboxylic acids is 2. The molecule has 3 rings (SSSR count). The summed E-state index contributed by atoms with van der Waals surface area (Å²) in [6.07, 6.45) is 0. The first-order valence-corrected chi connectivity index (χ1v) is 8.16. The molecule has 0 bridgehead atoms. The van der Waals surface area contributed by atoms with E-state index in [9.17, 15) is 14.0 Å². The number of benzene rings is 2. The lowest BCUT2D eigenvalue weighted by Crippen LogP contribution is -2.16. The molecule has 8 heteroatoms. The highest BCUT2D eigenvalue weighted by Gasteiger charge is 2.14. The maximum Gasteiger partial charge on any atom is 0.258 e. The van der Waals surface area contributed by atoms with Crippen molar-refractivity contribution in [1.29, 1.82) is 0 Å².